The van der Waals surface area contributed by atoms with Crippen LogP contribution in [0.5, 0.6) is 0 Å². The number of hydrogen-bond acceptors (Lipinski definition) is 1. The molecule has 1 nitrogen and oxygen atoms in total. The highest BCUT2D eigenvalue weighted by molar-refractivity contribution is 5.05. The number of nitrogens with one attached hydrogen (secondary N) is 1. The van der Waals surface area contributed by atoms with Crippen molar-refractivity contribution in [2.75, 3.05) is 6.54 Å². The molecule has 0 radical (unpaired) electrons. The van der Waals surface area contributed by atoms with Gasteiger partial charge in [-0.2, -0.15) is 0 Å². The van der Waals surface area contributed by atoms with Crippen molar-refractivity contribution < 1.29 is 0 Å². The minimum absolute atomic E-state index is 0.328. The molecule has 100 valence electrons. The SMILES string of the molecule is C=C(C)C1CC(C)(C)C(C)(C)CNC(C)C1C. The van der Waals surface area contributed by atoms with Crippen LogP contribution in [0.25, 0.3) is 0 Å². The Morgan fingerprint density at radius 2 is 1.65 bits per heavy atom. The van der Waals surface area contributed by atoms with Crippen molar-refractivity contribution in [1.82, 2.24) is 5.32 Å². The van der Waals surface area contributed by atoms with Crippen LogP contribution in [-0.2, 0) is 0 Å². The van der Waals surface area contributed by atoms with Crippen LogP contribution < -0.4 is 5.32 Å². The van der Waals surface area contributed by atoms with E-state index in [0.29, 0.717) is 28.7 Å². The van der Waals surface area contributed by atoms with E-state index in [1.54, 1.807) is 0 Å². The second-order valence-electron chi connectivity index (χ2n) is 7.45. The molecule has 0 aliphatic carbocycles. The zero-order chi connectivity index (χ0) is 13.4. The lowest BCUT2D eigenvalue weighted by Gasteiger charge is -2.49. The van der Waals surface area contributed by atoms with Crippen LogP contribution in [0.2, 0.25) is 0 Å². The molecular weight excluding hydrogens is 206 g/mol. The van der Waals surface area contributed by atoms with Gasteiger partial charge in [-0.3, -0.25) is 0 Å². The summed E-state index contributed by atoms with van der Waals surface area (Å²) in [7, 11) is 0. The van der Waals surface area contributed by atoms with E-state index in [0.717, 1.165) is 6.54 Å². The smallest absolute Gasteiger partial charge is 0.00703 e. The lowest BCUT2D eigenvalue weighted by Crippen LogP contribution is -2.50. The maximum atomic E-state index is 4.22. The van der Waals surface area contributed by atoms with Crippen molar-refractivity contribution in [3.63, 3.8) is 0 Å². The minimum Gasteiger partial charge on any atom is -0.313 e. The van der Waals surface area contributed by atoms with Gasteiger partial charge in [-0.05, 0) is 42.9 Å². The molecule has 0 aromatic rings. The van der Waals surface area contributed by atoms with Crippen molar-refractivity contribution in [3.05, 3.63) is 12.2 Å². The van der Waals surface area contributed by atoms with Gasteiger partial charge in [0, 0.05) is 12.6 Å². The molecular formula is C16H31N. The topological polar surface area (TPSA) is 12.0 Å². The molecule has 1 heteroatoms. The predicted molar refractivity (Wildman–Crippen MR) is 77.1 cm³/mol. The van der Waals surface area contributed by atoms with E-state index in [4.69, 9.17) is 0 Å². The van der Waals surface area contributed by atoms with Gasteiger partial charge >= 0.3 is 0 Å². The van der Waals surface area contributed by atoms with Gasteiger partial charge in [-0.25, -0.2) is 0 Å². The highest BCUT2D eigenvalue weighted by Gasteiger charge is 2.42. The average Bonchev–Trinajstić information content (AvgIpc) is 2.20. The Bertz CT molecular complexity index is 288. The third kappa shape index (κ3) is 2.93. The molecule has 0 spiro atoms. The molecule has 0 bridgehead atoms. The summed E-state index contributed by atoms with van der Waals surface area (Å²) >= 11 is 0. The van der Waals surface area contributed by atoms with Crippen LogP contribution in [0.3, 0.4) is 0 Å². The Morgan fingerprint density at radius 1 is 1.12 bits per heavy atom. The quantitative estimate of drug-likeness (QED) is 0.672. The van der Waals surface area contributed by atoms with Gasteiger partial charge in [0.1, 0.15) is 0 Å². The van der Waals surface area contributed by atoms with E-state index in [1.807, 2.05) is 0 Å². The van der Waals surface area contributed by atoms with Crippen LogP contribution in [0, 0.1) is 22.7 Å². The maximum absolute atomic E-state index is 4.22. The number of hydrogen-bond donors (Lipinski definition) is 1. The molecule has 1 N–H and O–H groups in total. The molecule has 0 amide bonds. The molecule has 17 heavy (non-hydrogen) atoms. The standard InChI is InChI=1S/C16H31N/c1-11(2)14-9-15(5,6)16(7,8)10-17-13(4)12(14)3/h12-14,17H,1,9-10H2,2-8H3. The van der Waals surface area contributed by atoms with Crippen molar-refractivity contribution in [3.8, 4) is 0 Å². The molecule has 1 aliphatic heterocycles. The molecule has 1 heterocycles. The first-order valence-corrected chi connectivity index (χ1v) is 6.97. The zero-order valence-electron chi connectivity index (χ0n) is 12.9. The van der Waals surface area contributed by atoms with Crippen LogP contribution in [-0.4, -0.2) is 12.6 Å². The average molecular weight is 237 g/mol. The highest BCUT2D eigenvalue weighted by atomic mass is 14.9. The first kappa shape index (κ1) is 14.8. The normalized spacial score (nSPS) is 37.0. The Kier molecular flexibility index (Phi) is 4.13. The van der Waals surface area contributed by atoms with E-state index in [2.05, 4.69) is 60.4 Å². The fraction of sp³-hybridized carbons (Fsp3) is 0.875. The van der Waals surface area contributed by atoms with Crippen molar-refractivity contribution in [2.24, 2.45) is 22.7 Å². The Morgan fingerprint density at radius 3 is 2.12 bits per heavy atom. The second kappa shape index (κ2) is 4.76. The Hall–Kier alpha value is -0.300. The lowest BCUT2D eigenvalue weighted by atomic mass is 9.60. The van der Waals surface area contributed by atoms with Gasteiger partial charge in [-0.1, -0.05) is 46.8 Å². The minimum atomic E-state index is 0.328. The van der Waals surface area contributed by atoms with Gasteiger partial charge in [-0.15, -0.1) is 0 Å². The zero-order valence-corrected chi connectivity index (χ0v) is 12.9. The number of rotatable bonds is 1. The van der Waals surface area contributed by atoms with Gasteiger partial charge in [0.05, 0.1) is 0 Å². The lowest BCUT2D eigenvalue weighted by molar-refractivity contribution is 0.0443. The molecule has 1 fully saturated rings. The van der Waals surface area contributed by atoms with E-state index < -0.39 is 0 Å². The van der Waals surface area contributed by atoms with Crippen molar-refractivity contribution in [2.45, 2.75) is 60.9 Å². The summed E-state index contributed by atoms with van der Waals surface area (Å²) in [4.78, 5) is 0. The third-order valence-corrected chi connectivity index (χ3v) is 5.48. The summed E-state index contributed by atoms with van der Waals surface area (Å²) in [5.41, 5.74) is 2.02. The summed E-state index contributed by atoms with van der Waals surface area (Å²) < 4.78 is 0. The van der Waals surface area contributed by atoms with Crippen LogP contribution >= 0.6 is 0 Å². The fourth-order valence-electron chi connectivity index (χ4n) is 2.82. The Labute approximate surface area is 108 Å². The van der Waals surface area contributed by atoms with E-state index in [9.17, 15) is 0 Å². The van der Waals surface area contributed by atoms with Crippen molar-refractivity contribution in [1.29, 1.82) is 0 Å². The summed E-state index contributed by atoms with van der Waals surface area (Å²) in [5, 5.41) is 3.72. The van der Waals surface area contributed by atoms with Gasteiger partial charge in [0.15, 0.2) is 0 Å². The largest absolute Gasteiger partial charge is 0.313 e. The van der Waals surface area contributed by atoms with E-state index in [-0.39, 0.29) is 0 Å². The molecule has 0 saturated carbocycles. The molecule has 1 rings (SSSR count). The summed E-state index contributed by atoms with van der Waals surface area (Å²) in [6, 6.07) is 0.576. The monoisotopic (exact) mass is 237 g/mol. The Balaban J connectivity index is 3.03. The molecule has 0 aromatic heterocycles. The van der Waals surface area contributed by atoms with E-state index in [1.165, 1.54) is 12.0 Å². The molecule has 3 unspecified atom stereocenters. The third-order valence-electron chi connectivity index (χ3n) is 5.48. The van der Waals surface area contributed by atoms with E-state index >= 15 is 0 Å². The molecule has 3 atom stereocenters. The molecule has 1 aliphatic rings. The maximum Gasteiger partial charge on any atom is 0.00703 e. The van der Waals surface area contributed by atoms with Gasteiger partial charge in [0.2, 0.25) is 0 Å². The summed E-state index contributed by atoms with van der Waals surface area (Å²) in [5.74, 6) is 1.30. The van der Waals surface area contributed by atoms with Crippen molar-refractivity contribution >= 4 is 0 Å². The molecule has 1 saturated heterocycles. The van der Waals surface area contributed by atoms with Crippen LogP contribution in [0.4, 0.5) is 0 Å². The molecule has 0 aromatic carbocycles. The van der Waals surface area contributed by atoms with Crippen LogP contribution in [0.1, 0.15) is 54.9 Å². The second-order valence-corrected chi connectivity index (χ2v) is 7.45. The summed E-state index contributed by atoms with van der Waals surface area (Å²) in [6.07, 6.45) is 1.25. The fourth-order valence-corrected chi connectivity index (χ4v) is 2.82. The predicted octanol–water partition coefficient (Wildman–Crippen LogP) is 4.25. The van der Waals surface area contributed by atoms with Gasteiger partial charge in [0.25, 0.3) is 0 Å². The first-order valence-electron chi connectivity index (χ1n) is 6.97. The summed E-state index contributed by atoms with van der Waals surface area (Å²) in [6.45, 7) is 21.8. The highest BCUT2D eigenvalue weighted by Crippen LogP contribution is 2.47. The van der Waals surface area contributed by atoms with Crippen LogP contribution in [0.15, 0.2) is 12.2 Å². The first-order chi connectivity index (χ1) is 7.58. The number of allylic oxidation sites excluding steroid dienone is 1. The van der Waals surface area contributed by atoms with Gasteiger partial charge < -0.3 is 5.32 Å².